The monoisotopic (exact) mass is 259 g/mol. The van der Waals surface area contributed by atoms with Crippen LogP contribution in [0.2, 0.25) is 0 Å². The Bertz CT molecular complexity index is 594. The quantitative estimate of drug-likeness (QED) is 0.678. The van der Waals surface area contributed by atoms with Crippen LogP contribution in [0.3, 0.4) is 0 Å². The first-order valence-corrected chi connectivity index (χ1v) is 5.81. The second kappa shape index (κ2) is 5.52. The number of benzene rings is 2. The highest BCUT2D eigenvalue weighted by molar-refractivity contribution is 5.97. The van der Waals surface area contributed by atoms with Crippen LogP contribution in [0.4, 0.5) is 10.1 Å². The zero-order chi connectivity index (χ0) is 13.8. The number of Topliss-reactive ketones (excluding diaryl/α,β-unsaturated/α-hetero) is 1. The fourth-order valence-corrected chi connectivity index (χ4v) is 1.76. The van der Waals surface area contributed by atoms with Crippen molar-refractivity contribution in [3.63, 3.8) is 0 Å². The minimum Gasteiger partial charge on any atom is -0.494 e. The minimum atomic E-state index is -0.536. The molecule has 2 N–H and O–H groups in total. The Labute approximate surface area is 110 Å². The van der Waals surface area contributed by atoms with Crippen LogP contribution in [0.15, 0.2) is 42.5 Å². The van der Waals surface area contributed by atoms with Crippen LogP contribution in [-0.4, -0.2) is 12.9 Å². The van der Waals surface area contributed by atoms with E-state index in [0.29, 0.717) is 11.3 Å². The number of ether oxygens (including phenoxy) is 1. The molecule has 0 saturated heterocycles. The summed E-state index contributed by atoms with van der Waals surface area (Å²) < 4.78 is 18.3. The molecule has 2 aromatic carbocycles. The molecule has 19 heavy (non-hydrogen) atoms. The Morgan fingerprint density at radius 2 is 1.89 bits per heavy atom. The van der Waals surface area contributed by atoms with Crippen LogP contribution in [0.1, 0.15) is 15.9 Å². The standard InChI is InChI=1S/C15H14FNO2/c1-19-15-7-4-11(9-13(15)16)14(18)8-10-2-5-12(17)6-3-10/h2-7,9H,8,17H2,1H3. The van der Waals surface area contributed by atoms with Crippen molar-refractivity contribution in [2.45, 2.75) is 6.42 Å². The van der Waals surface area contributed by atoms with Crippen LogP contribution in [-0.2, 0) is 6.42 Å². The summed E-state index contributed by atoms with van der Waals surface area (Å²) in [6.07, 6.45) is 0.214. The van der Waals surface area contributed by atoms with E-state index in [1.807, 2.05) is 0 Å². The molecule has 0 amide bonds. The number of nitrogens with two attached hydrogens (primary N) is 1. The first kappa shape index (κ1) is 13.1. The lowest BCUT2D eigenvalue weighted by Crippen LogP contribution is -2.04. The number of anilines is 1. The summed E-state index contributed by atoms with van der Waals surface area (Å²) in [4.78, 5) is 12.0. The van der Waals surface area contributed by atoms with Crippen LogP contribution in [0, 0.1) is 5.82 Å². The number of rotatable bonds is 4. The van der Waals surface area contributed by atoms with Crippen molar-refractivity contribution in [2.24, 2.45) is 0 Å². The van der Waals surface area contributed by atoms with Gasteiger partial charge in [0.05, 0.1) is 7.11 Å². The van der Waals surface area contributed by atoms with E-state index in [9.17, 15) is 9.18 Å². The molecule has 0 heterocycles. The summed E-state index contributed by atoms with van der Waals surface area (Å²) >= 11 is 0. The highest BCUT2D eigenvalue weighted by Crippen LogP contribution is 2.19. The van der Waals surface area contributed by atoms with E-state index in [1.165, 1.54) is 19.2 Å². The number of carbonyl (C=O) groups excluding carboxylic acids is 1. The lowest BCUT2D eigenvalue weighted by molar-refractivity contribution is 0.0992. The second-order valence-corrected chi connectivity index (χ2v) is 4.19. The minimum absolute atomic E-state index is 0.129. The fraction of sp³-hybridized carbons (Fsp3) is 0.133. The Hall–Kier alpha value is -2.36. The van der Waals surface area contributed by atoms with Crippen molar-refractivity contribution < 1.29 is 13.9 Å². The number of ketones is 1. The van der Waals surface area contributed by atoms with Crippen molar-refractivity contribution in [2.75, 3.05) is 12.8 Å². The van der Waals surface area contributed by atoms with Gasteiger partial charge in [-0.05, 0) is 35.9 Å². The number of hydrogen-bond donors (Lipinski definition) is 1. The number of nitrogen functional groups attached to an aromatic ring is 1. The lowest BCUT2D eigenvalue weighted by Gasteiger charge is -2.05. The van der Waals surface area contributed by atoms with Gasteiger partial charge in [-0.25, -0.2) is 4.39 Å². The van der Waals surface area contributed by atoms with Gasteiger partial charge in [-0.1, -0.05) is 12.1 Å². The highest BCUT2D eigenvalue weighted by atomic mass is 19.1. The summed E-state index contributed by atoms with van der Waals surface area (Å²) in [5, 5.41) is 0. The smallest absolute Gasteiger partial charge is 0.167 e. The van der Waals surface area contributed by atoms with Gasteiger partial charge in [0.1, 0.15) is 0 Å². The van der Waals surface area contributed by atoms with Crippen molar-refractivity contribution in [3.05, 3.63) is 59.4 Å². The lowest BCUT2D eigenvalue weighted by atomic mass is 10.0. The number of methoxy groups -OCH3 is 1. The summed E-state index contributed by atoms with van der Waals surface area (Å²) in [5.74, 6) is -0.555. The zero-order valence-corrected chi connectivity index (χ0v) is 10.5. The van der Waals surface area contributed by atoms with E-state index >= 15 is 0 Å². The van der Waals surface area contributed by atoms with E-state index in [1.54, 1.807) is 30.3 Å². The number of halogens is 1. The van der Waals surface area contributed by atoms with E-state index in [4.69, 9.17) is 10.5 Å². The predicted octanol–water partition coefficient (Wildman–Crippen LogP) is 2.84. The Morgan fingerprint density at radius 3 is 2.47 bits per heavy atom. The van der Waals surface area contributed by atoms with Gasteiger partial charge in [-0.2, -0.15) is 0 Å². The average molecular weight is 259 g/mol. The Balaban J connectivity index is 2.16. The molecular weight excluding hydrogens is 245 g/mol. The molecule has 0 saturated carbocycles. The fourth-order valence-electron chi connectivity index (χ4n) is 1.76. The van der Waals surface area contributed by atoms with Crippen LogP contribution in [0.25, 0.3) is 0 Å². The molecule has 0 aromatic heterocycles. The van der Waals surface area contributed by atoms with Crippen LogP contribution >= 0.6 is 0 Å². The Morgan fingerprint density at radius 1 is 1.21 bits per heavy atom. The molecule has 0 aliphatic carbocycles. The number of hydrogen-bond acceptors (Lipinski definition) is 3. The van der Waals surface area contributed by atoms with Gasteiger partial charge >= 0.3 is 0 Å². The topological polar surface area (TPSA) is 52.3 Å². The molecule has 2 aromatic rings. The molecule has 0 bridgehead atoms. The predicted molar refractivity (Wildman–Crippen MR) is 71.8 cm³/mol. The first-order valence-electron chi connectivity index (χ1n) is 5.81. The van der Waals surface area contributed by atoms with Gasteiger partial charge in [0.2, 0.25) is 0 Å². The van der Waals surface area contributed by atoms with Crippen LogP contribution < -0.4 is 10.5 Å². The average Bonchev–Trinajstić information content (AvgIpc) is 2.41. The number of carbonyl (C=O) groups is 1. The van der Waals surface area contributed by atoms with Gasteiger partial charge < -0.3 is 10.5 Å². The Kier molecular flexibility index (Phi) is 3.80. The van der Waals surface area contributed by atoms with E-state index in [-0.39, 0.29) is 18.0 Å². The molecule has 98 valence electrons. The van der Waals surface area contributed by atoms with Crippen molar-refractivity contribution >= 4 is 11.5 Å². The summed E-state index contributed by atoms with van der Waals surface area (Å²) in [6, 6.07) is 11.2. The van der Waals surface area contributed by atoms with E-state index in [0.717, 1.165) is 5.56 Å². The third-order valence-electron chi connectivity index (χ3n) is 2.82. The summed E-state index contributed by atoms with van der Waals surface area (Å²) in [6.45, 7) is 0. The maximum Gasteiger partial charge on any atom is 0.167 e. The molecule has 0 atom stereocenters. The van der Waals surface area contributed by atoms with E-state index < -0.39 is 5.82 Å². The SMILES string of the molecule is COc1ccc(C(=O)Cc2ccc(N)cc2)cc1F. The summed E-state index contributed by atoms with van der Waals surface area (Å²) in [5.41, 5.74) is 7.39. The van der Waals surface area contributed by atoms with E-state index in [2.05, 4.69) is 0 Å². The molecule has 0 radical (unpaired) electrons. The largest absolute Gasteiger partial charge is 0.494 e. The maximum absolute atomic E-state index is 13.5. The molecular formula is C15H14FNO2. The third-order valence-corrected chi connectivity index (χ3v) is 2.82. The van der Waals surface area contributed by atoms with Crippen molar-refractivity contribution in [3.8, 4) is 5.75 Å². The molecule has 4 heteroatoms. The van der Waals surface area contributed by atoms with Gasteiger partial charge in [0.25, 0.3) is 0 Å². The first-order chi connectivity index (χ1) is 9.10. The van der Waals surface area contributed by atoms with Crippen molar-refractivity contribution in [1.29, 1.82) is 0 Å². The summed E-state index contributed by atoms with van der Waals surface area (Å²) in [7, 11) is 1.38. The normalized spacial score (nSPS) is 10.2. The zero-order valence-electron chi connectivity index (χ0n) is 10.5. The van der Waals surface area contributed by atoms with Gasteiger partial charge in [0, 0.05) is 17.7 Å². The molecule has 0 aliphatic rings. The van der Waals surface area contributed by atoms with Crippen molar-refractivity contribution in [1.82, 2.24) is 0 Å². The molecule has 2 rings (SSSR count). The molecule has 0 aliphatic heterocycles. The van der Waals surface area contributed by atoms with Gasteiger partial charge in [-0.3, -0.25) is 4.79 Å². The van der Waals surface area contributed by atoms with Gasteiger partial charge in [-0.15, -0.1) is 0 Å². The molecule has 0 unspecified atom stereocenters. The van der Waals surface area contributed by atoms with Crippen LogP contribution in [0.5, 0.6) is 5.75 Å². The second-order valence-electron chi connectivity index (χ2n) is 4.19. The molecule has 0 spiro atoms. The maximum atomic E-state index is 13.5. The third kappa shape index (κ3) is 3.10. The molecule has 3 nitrogen and oxygen atoms in total. The molecule has 0 fully saturated rings. The van der Waals surface area contributed by atoms with Gasteiger partial charge in [0.15, 0.2) is 17.3 Å². The highest BCUT2D eigenvalue weighted by Gasteiger charge is 2.10.